The highest BCUT2D eigenvalue weighted by atomic mass is 35.5. The minimum absolute atomic E-state index is 0.0360. The predicted octanol–water partition coefficient (Wildman–Crippen LogP) is 5.44. The van der Waals surface area contributed by atoms with Gasteiger partial charge in [0.2, 0.25) is 21.8 Å². The van der Waals surface area contributed by atoms with Crippen LogP contribution in [0, 0.1) is 6.92 Å². The van der Waals surface area contributed by atoms with E-state index >= 15 is 0 Å². The number of amides is 2. The number of nitrogens with one attached hydrogen (secondary N) is 1. The third kappa shape index (κ3) is 8.00. The molecule has 2 amide bonds. The maximum atomic E-state index is 13.7. The van der Waals surface area contributed by atoms with Crippen LogP contribution in [0.4, 0.5) is 5.69 Å². The van der Waals surface area contributed by atoms with E-state index in [1.165, 1.54) is 11.0 Å². The van der Waals surface area contributed by atoms with Crippen LogP contribution in [0.3, 0.4) is 0 Å². The Morgan fingerprint density at radius 2 is 1.67 bits per heavy atom. The van der Waals surface area contributed by atoms with Gasteiger partial charge in [0.25, 0.3) is 0 Å². The molecule has 7 nitrogen and oxygen atoms in total. The van der Waals surface area contributed by atoms with Crippen LogP contribution in [0.5, 0.6) is 0 Å². The van der Waals surface area contributed by atoms with Gasteiger partial charge < -0.3 is 10.2 Å². The summed E-state index contributed by atoms with van der Waals surface area (Å²) in [5.74, 6) is -0.859. The first kappa shape index (κ1) is 30.2. The molecule has 0 aliphatic rings. The summed E-state index contributed by atoms with van der Waals surface area (Å²) in [7, 11) is -3.86. The van der Waals surface area contributed by atoms with Crippen LogP contribution in [0.2, 0.25) is 15.1 Å². The molecule has 2 aromatic rings. The second kappa shape index (κ2) is 13.0. The number of halogens is 3. The Balaban J connectivity index is 2.51. The normalized spacial score (nSPS) is 13.1. The van der Waals surface area contributed by atoms with E-state index in [0.717, 1.165) is 17.0 Å². The van der Waals surface area contributed by atoms with E-state index in [1.807, 2.05) is 13.8 Å². The summed E-state index contributed by atoms with van der Waals surface area (Å²) in [4.78, 5) is 28.3. The molecular weight excluding hydrogens is 545 g/mol. The Bertz CT molecular complexity index is 1210. The van der Waals surface area contributed by atoms with E-state index in [9.17, 15) is 18.0 Å². The molecule has 0 spiro atoms. The molecule has 198 valence electrons. The number of aryl methyl sites for hydroxylation is 1. The average molecular weight is 577 g/mol. The Morgan fingerprint density at radius 1 is 1.00 bits per heavy atom. The van der Waals surface area contributed by atoms with Crippen molar-refractivity contribution in [3.8, 4) is 0 Å². The lowest BCUT2D eigenvalue weighted by molar-refractivity contribution is -0.140. The fourth-order valence-corrected chi connectivity index (χ4v) is 5.03. The van der Waals surface area contributed by atoms with E-state index in [1.54, 1.807) is 44.2 Å². The predicted molar refractivity (Wildman–Crippen MR) is 147 cm³/mol. The van der Waals surface area contributed by atoms with E-state index in [0.29, 0.717) is 38.3 Å². The molecule has 0 saturated heterocycles. The van der Waals surface area contributed by atoms with Crippen molar-refractivity contribution < 1.29 is 18.0 Å². The lowest BCUT2D eigenvalue weighted by Crippen LogP contribution is -2.53. The lowest BCUT2D eigenvalue weighted by atomic mass is 10.1. The molecule has 0 saturated carbocycles. The highest BCUT2D eigenvalue weighted by molar-refractivity contribution is 7.92. The van der Waals surface area contributed by atoms with E-state index in [2.05, 4.69) is 5.32 Å². The van der Waals surface area contributed by atoms with Crippen molar-refractivity contribution in [3.05, 3.63) is 62.6 Å². The first-order valence-electron chi connectivity index (χ1n) is 11.6. The Kier molecular flexibility index (Phi) is 10.9. The second-order valence-corrected chi connectivity index (χ2v) is 11.9. The number of carbonyl (C=O) groups is 2. The molecule has 0 bridgehead atoms. The number of benzene rings is 2. The van der Waals surface area contributed by atoms with Crippen molar-refractivity contribution in [2.24, 2.45) is 0 Å². The zero-order valence-electron chi connectivity index (χ0n) is 21.0. The molecule has 36 heavy (non-hydrogen) atoms. The summed E-state index contributed by atoms with van der Waals surface area (Å²) in [6.07, 6.45) is 2.07. The minimum atomic E-state index is -3.86. The highest BCUT2D eigenvalue weighted by Crippen LogP contribution is 2.28. The maximum Gasteiger partial charge on any atom is 0.244 e. The van der Waals surface area contributed by atoms with Crippen molar-refractivity contribution in [2.45, 2.75) is 59.2 Å². The Labute approximate surface area is 228 Å². The molecule has 2 unspecified atom stereocenters. The van der Waals surface area contributed by atoms with E-state index in [4.69, 9.17) is 34.8 Å². The van der Waals surface area contributed by atoms with Crippen LogP contribution in [-0.4, -0.2) is 50.0 Å². The first-order valence-corrected chi connectivity index (χ1v) is 14.5. The first-order chi connectivity index (χ1) is 16.8. The number of carbonyl (C=O) groups excluding carboxylic acids is 2. The van der Waals surface area contributed by atoms with Crippen LogP contribution >= 0.6 is 34.8 Å². The van der Waals surface area contributed by atoms with Crippen molar-refractivity contribution in [2.75, 3.05) is 17.1 Å². The van der Waals surface area contributed by atoms with Crippen molar-refractivity contribution in [3.63, 3.8) is 0 Å². The fourth-order valence-electron chi connectivity index (χ4n) is 3.64. The van der Waals surface area contributed by atoms with Crippen molar-refractivity contribution >= 4 is 62.3 Å². The summed E-state index contributed by atoms with van der Waals surface area (Å²) < 4.78 is 26.5. The zero-order chi connectivity index (χ0) is 27.2. The molecule has 2 aromatic carbocycles. The molecule has 0 fully saturated rings. The summed E-state index contributed by atoms with van der Waals surface area (Å²) in [5, 5.41) is 3.93. The number of anilines is 1. The van der Waals surface area contributed by atoms with Gasteiger partial charge in [-0.25, -0.2) is 8.42 Å². The van der Waals surface area contributed by atoms with Gasteiger partial charge in [-0.3, -0.25) is 13.9 Å². The number of hydrogen-bond donors (Lipinski definition) is 1. The average Bonchev–Trinajstić information content (AvgIpc) is 2.80. The fraction of sp³-hybridized carbons (Fsp3) is 0.440. The number of sulfonamides is 1. The maximum absolute atomic E-state index is 13.7. The van der Waals surface area contributed by atoms with Crippen molar-refractivity contribution in [1.29, 1.82) is 0 Å². The molecule has 11 heteroatoms. The lowest BCUT2D eigenvalue weighted by Gasteiger charge is -2.33. The third-order valence-electron chi connectivity index (χ3n) is 5.84. The SMILES string of the molecule is CCC(C)NC(=O)C(CC)N(Cc1ccc(Cl)c(Cl)c1)C(=O)CN(c1cc(Cl)ccc1C)S(C)(=O)=O. The van der Waals surface area contributed by atoms with E-state index in [-0.39, 0.29) is 18.5 Å². The smallest absolute Gasteiger partial charge is 0.244 e. The van der Waals surface area contributed by atoms with Gasteiger partial charge in [0.15, 0.2) is 0 Å². The summed E-state index contributed by atoms with van der Waals surface area (Å²) in [6, 6.07) is 8.86. The van der Waals surface area contributed by atoms with Gasteiger partial charge in [-0.1, -0.05) is 60.8 Å². The summed E-state index contributed by atoms with van der Waals surface area (Å²) in [5.41, 5.74) is 1.58. The molecule has 2 rings (SSSR count). The van der Waals surface area contributed by atoms with Gasteiger partial charge in [-0.15, -0.1) is 0 Å². The second-order valence-electron chi connectivity index (χ2n) is 8.71. The van der Waals surface area contributed by atoms with Gasteiger partial charge in [0.05, 0.1) is 22.0 Å². The molecule has 0 heterocycles. The number of hydrogen-bond acceptors (Lipinski definition) is 4. The Morgan fingerprint density at radius 3 is 2.22 bits per heavy atom. The summed E-state index contributed by atoms with van der Waals surface area (Å²) in [6.45, 7) is 6.88. The number of nitrogens with zero attached hydrogens (tertiary/aromatic N) is 2. The van der Waals surface area contributed by atoms with E-state index < -0.39 is 28.5 Å². The molecule has 0 aliphatic heterocycles. The molecule has 1 N–H and O–H groups in total. The summed E-state index contributed by atoms with van der Waals surface area (Å²) >= 11 is 18.4. The molecular formula is C25H32Cl3N3O4S. The van der Waals surface area contributed by atoms with Gasteiger partial charge in [-0.2, -0.15) is 0 Å². The van der Waals surface area contributed by atoms with Crippen LogP contribution in [0.25, 0.3) is 0 Å². The molecule has 0 aromatic heterocycles. The zero-order valence-corrected chi connectivity index (χ0v) is 24.1. The standard InChI is InChI=1S/C25H32Cl3N3O4S/c1-6-17(4)29-25(33)22(7-2)30(14-18-9-11-20(27)21(28)12-18)24(32)15-31(36(5,34)35)23-13-19(26)10-8-16(23)3/h8-13,17,22H,6-7,14-15H2,1-5H3,(H,29,33). The minimum Gasteiger partial charge on any atom is -0.352 e. The van der Waals surface area contributed by atoms with Gasteiger partial charge >= 0.3 is 0 Å². The van der Waals surface area contributed by atoms with Crippen LogP contribution in [0.1, 0.15) is 44.7 Å². The van der Waals surface area contributed by atoms with Crippen LogP contribution in [0.15, 0.2) is 36.4 Å². The van der Waals surface area contributed by atoms with Crippen LogP contribution < -0.4 is 9.62 Å². The topological polar surface area (TPSA) is 86.8 Å². The van der Waals surface area contributed by atoms with Gasteiger partial charge in [0, 0.05) is 17.6 Å². The van der Waals surface area contributed by atoms with Crippen molar-refractivity contribution in [1.82, 2.24) is 10.2 Å². The highest BCUT2D eigenvalue weighted by Gasteiger charge is 2.32. The monoisotopic (exact) mass is 575 g/mol. The van der Waals surface area contributed by atoms with Gasteiger partial charge in [-0.05, 0) is 62.1 Å². The molecule has 0 aliphatic carbocycles. The Hall–Kier alpha value is -2.00. The molecule has 0 radical (unpaired) electrons. The quantitative estimate of drug-likeness (QED) is 0.386. The van der Waals surface area contributed by atoms with Crippen LogP contribution in [-0.2, 0) is 26.2 Å². The largest absolute Gasteiger partial charge is 0.352 e. The van der Waals surface area contributed by atoms with Gasteiger partial charge in [0.1, 0.15) is 12.6 Å². The molecule has 2 atom stereocenters. The number of rotatable bonds is 11. The third-order valence-corrected chi connectivity index (χ3v) is 7.94.